The first-order valence-corrected chi connectivity index (χ1v) is 9.88. The molecule has 1 atom stereocenters. The lowest BCUT2D eigenvalue weighted by Gasteiger charge is -2.20. The Labute approximate surface area is 162 Å². The number of carbonyl (C=O) groups excluding carboxylic acids is 1. The largest absolute Gasteiger partial charge is 0.336 e. The molecule has 1 unspecified atom stereocenters. The van der Waals surface area contributed by atoms with Crippen molar-refractivity contribution in [2.45, 2.75) is 17.9 Å². The van der Waals surface area contributed by atoms with E-state index in [2.05, 4.69) is 15.0 Å². The Balaban J connectivity index is 1.97. The number of carbonyl (C=O) groups is 1. The Morgan fingerprint density at radius 3 is 2.39 bits per heavy atom. The third kappa shape index (κ3) is 4.26. The highest BCUT2D eigenvalue weighted by molar-refractivity contribution is 7.89. The van der Waals surface area contributed by atoms with E-state index in [1.165, 1.54) is 55.6 Å². The molecular weight excluding hydrogens is 383 g/mol. The van der Waals surface area contributed by atoms with Crippen LogP contribution in [0.2, 0.25) is 0 Å². The lowest BCUT2D eigenvalue weighted by atomic mass is 10.1. The van der Waals surface area contributed by atoms with Gasteiger partial charge in [0.2, 0.25) is 15.9 Å². The highest BCUT2D eigenvalue weighted by Gasteiger charge is 2.27. The highest BCUT2D eigenvalue weighted by atomic mass is 32.2. The lowest BCUT2D eigenvalue weighted by Crippen LogP contribution is -2.31. The van der Waals surface area contributed by atoms with Gasteiger partial charge in [0, 0.05) is 37.6 Å². The van der Waals surface area contributed by atoms with Gasteiger partial charge in [-0.25, -0.2) is 17.8 Å². The summed E-state index contributed by atoms with van der Waals surface area (Å²) in [5.41, 5.74) is 0.636. The van der Waals surface area contributed by atoms with Crippen LogP contribution in [0.25, 0.3) is 0 Å². The molecule has 0 bridgehead atoms. The van der Waals surface area contributed by atoms with Crippen LogP contribution >= 0.6 is 0 Å². The van der Waals surface area contributed by atoms with Gasteiger partial charge >= 0.3 is 0 Å². The minimum atomic E-state index is -4.00. The predicted molar refractivity (Wildman–Crippen MR) is 103 cm³/mol. The topological polar surface area (TPSA) is 93.1 Å². The Bertz CT molecular complexity index is 1090. The summed E-state index contributed by atoms with van der Waals surface area (Å²) in [6, 6.07) is 10.6. The smallest absolute Gasteiger partial charge is 0.241 e. The van der Waals surface area contributed by atoms with Crippen molar-refractivity contribution in [3.63, 3.8) is 0 Å². The molecule has 0 saturated heterocycles. The van der Waals surface area contributed by atoms with E-state index >= 15 is 0 Å². The van der Waals surface area contributed by atoms with Gasteiger partial charge in [0.15, 0.2) is 0 Å². The molecule has 1 aromatic heterocycles. The summed E-state index contributed by atoms with van der Waals surface area (Å²) in [5.74, 6) is -0.453. The van der Waals surface area contributed by atoms with E-state index < -0.39 is 21.9 Å². The van der Waals surface area contributed by atoms with Gasteiger partial charge in [-0.05, 0) is 30.3 Å². The van der Waals surface area contributed by atoms with Crippen LogP contribution in [-0.4, -0.2) is 23.9 Å². The zero-order valence-electron chi connectivity index (χ0n) is 15.3. The normalized spacial score (nSPS) is 12.5. The molecule has 0 radical (unpaired) electrons. The molecule has 9 heteroatoms. The molecule has 0 aliphatic carbocycles. The van der Waals surface area contributed by atoms with Crippen LogP contribution in [0.4, 0.5) is 10.1 Å². The fraction of sp³-hybridized carbons (Fsp3) is 0.158. The van der Waals surface area contributed by atoms with Gasteiger partial charge in [0.25, 0.3) is 0 Å². The molecule has 0 aliphatic rings. The number of nitrogens with one attached hydrogen (secondary N) is 2. The number of halogens is 1. The number of anilines is 1. The van der Waals surface area contributed by atoms with Gasteiger partial charge < -0.3 is 9.88 Å². The molecule has 28 heavy (non-hydrogen) atoms. The van der Waals surface area contributed by atoms with E-state index in [9.17, 15) is 17.6 Å². The summed E-state index contributed by atoms with van der Waals surface area (Å²) < 4.78 is 44.4. The van der Waals surface area contributed by atoms with Crippen molar-refractivity contribution in [2.75, 3.05) is 5.32 Å². The van der Waals surface area contributed by atoms with Gasteiger partial charge in [-0.15, -0.1) is 0 Å². The van der Waals surface area contributed by atoms with Gasteiger partial charge in [-0.3, -0.25) is 4.79 Å². The summed E-state index contributed by atoms with van der Waals surface area (Å²) in [4.78, 5) is 15.3. The van der Waals surface area contributed by atoms with Crippen LogP contribution < -0.4 is 10.0 Å². The molecule has 7 nitrogen and oxygen atoms in total. The molecule has 0 aliphatic heterocycles. The van der Waals surface area contributed by atoms with Gasteiger partial charge in [0.1, 0.15) is 17.7 Å². The number of imidazole rings is 1. The first-order chi connectivity index (χ1) is 13.3. The monoisotopic (exact) mass is 402 g/mol. The molecule has 1 heterocycles. The van der Waals surface area contributed by atoms with Gasteiger partial charge in [-0.2, -0.15) is 4.72 Å². The van der Waals surface area contributed by atoms with Crippen molar-refractivity contribution in [3.05, 3.63) is 78.1 Å². The Morgan fingerprint density at radius 1 is 1.14 bits per heavy atom. The summed E-state index contributed by atoms with van der Waals surface area (Å²) in [6.45, 7) is 1.36. The first kappa shape index (κ1) is 19.7. The van der Waals surface area contributed by atoms with E-state index in [1.54, 1.807) is 23.9 Å². The fourth-order valence-electron chi connectivity index (χ4n) is 2.76. The van der Waals surface area contributed by atoms with Crippen LogP contribution in [-0.2, 0) is 21.9 Å². The average molecular weight is 402 g/mol. The van der Waals surface area contributed by atoms with Crippen molar-refractivity contribution in [2.24, 2.45) is 7.05 Å². The Morgan fingerprint density at radius 2 is 1.82 bits per heavy atom. The number of sulfonamides is 1. The number of benzene rings is 2. The number of rotatable bonds is 6. The number of aryl methyl sites for hydroxylation is 1. The first-order valence-electron chi connectivity index (χ1n) is 8.39. The van der Waals surface area contributed by atoms with Crippen molar-refractivity contribution >= 4 is 21.6 Å². The number of hydrogen-bond acceptors (Lipinski definition) is 4. The number of aromatic nitrogens is 2. The second kappa shape index (κ2) is 7.91. The zero-order valence-corrected chi connectivity index (χ0v) is 16.1. The van der Waals surface area contributed by atoms with E-state index in [1.807, 2.05) is 0 Å². The quantitative estimate of drug-likeness (QED) is 0.663. The van der Waals surface area contributed by atoms with E-state index in [0.717, 1.165) is 0 Å². The average Bonchev–Trinajstić information content (AvgIpc) is 3.06. The van der Waals surface area contributed by atoms with Gasteiger partial charge in [0.05, 0.1) is 4.90 Å². The summed E-state index contributed by atoms with van der Waals surface area (Å²) >= 11 is 0. The fourth-order valence-corrected chi connectivity index (χ4v) is 3.94. The van der Waals surface area contributed by atoms with Crippen molar-refractivity contribution in [3.8, 4) is 0 Å². The molecule has 3 rings (SSSR count). The molecule has 3 aromatic rings. The minimum absolute atomic E-state index is 0.0165. The Hall–Kier alpha value is -3.04. The lowest BCUT2D eigenvalue weighted by molar-refractivity contribution is -0.114. The van der Waals surface area contributed by atoms with Crippen LogP contribution in [0.1, 0.15) is 24.4 Å². The predicted octanol–water partition coefficient (Wildman–Crippen LogP) is 2.59. The van der Waals surface area contributed by atoms with Crippen molar-refractivity contribution < 1.29 is 17.6 Å². The summed E-state index contributed by atoms with van der Waals surface area (Å²) in [5, 5.41) is 2.57. The molecule has 2 N–H and O–H groups in total. The zero-order chi connectivity index (χ0) is 20.3. The van der Waals surface area contributed by atoms with Crippen molar-refractivity contribution in [1.29, 1.82) is 0 Å². The molecule has 0 spiro atoms. The third-order valence-electron chi connectivity index (χ3n) is 4.09. The molecule has 1 amide bonds. The molecule has 0 fully saturated rings. The third-order valence-corrected chi connectivity index (χ3v) is 5.53. The second-order valence-corrected chi connectivity index (χ2v) is 7.89. The maximum absolute atomic E-state index is 14.4. The maximum Gasteiger partial charge on any atom is 0.241 e. The number of nitrogens with zero attached hydrogens (tertiary/aromatic N) is 2. The highest BCUT2D eigenvalue weighted by Crippen LogP contribution is 2.26. The van der Waals surface area contributed by atoms with E-state index in [0.29, 0.717) is 11.5 Å². The van der Waals surface area contributed by atoms with E-state index in [4.69, 9.17) is 0 Å². The van der Waals surface area contributed by atoms with Gasteiger partial charge in [-0.1, -0.05) is 18.2 Å². The van der Waals surface area contributed by atoms with Crippen LogP contribution in [0.5, 0.6) is 0 Å². The SMILES string of the molecule is CC(=O)Nc1ccc(S(=O)(=O)NC(c2ccccc2F)c2nccn2C)cc1. The van der Waals surface area contributed by atoms with Crippen LogP contribution in [0.15, 0.2) is 65.8 Å². The summed E-state index contributed by atoms with van der Waals surface area (Å²) in [7, 11) is -2.29. The molecule has 0 saturated carbocycles. The Kier molecular flexibility index (Phi) is 5.57. The van der Waals surface area contributed by atoms with Crippen molar-refractivity contribution in [1.82, 2.24) is 14.3 Å². The molecule has 2 aromatic carbocycles. The maximum atomic E-state index is 14.4. The molecule has 146 valence electrons. The number of hydrogen-bond donors (Lipinski definition) is 2. The van der Waals surface area contributed by atoms with Crippen LogP contribution in [0.3, 0.4) is 0 Å². The number of amides is 1. The standard InChI is InChI=1S/C19H19FN4O3S/c1-13(25)22-14-7-9-15(10-8-14)28(26,27)23-18(19-21-11-12-24(19)2)16-5-3-4-6-17(16)20/h3-12,18,23H,1-2H3,(H,22,25). The second-order valence-electron chi connectivity index (χ2n) is 6.18. The van der Waals surface area contributed by atoms with Crippen LogP contribution in [0, 0.1) is 5.82 Å². The minimum Gasteiger partial charge on any atom is -0.336 e. The molecular formula is C19H19FN4O3S. The van der Waals surface area contributed by atoms with E-state index in [-0.39, 0.29) is 16.4 Å². The summed E-state index contributed by atoms with van der Waals surface area (Å²) in [6.07, 6.45) is 3.17.